The van der Waals surface area contributed by atoms with Crippen LogP contribution in [0.4, 0.5) is 17.1 Å². The maximum atomic E-state index is 12.1. The molecular weight excluding hydrogens is 438 g/mol. The van der Waals surface area contributed by atoms with Gasteiger partial charge in [0.2, 0.25) is 12.2 Å². The molecule has 1 atom stereocenters. The summed E-state index contributed by atoms with van der Waals surface area (Å²) in [5.41, 5.74) is 1.37. The zero-order valence-electron chi connectivity index (χ0n) is 16.5. The minimum atomic E-state index is -4.74. The van der Waals surface area contributed by atoms with Crippen molar-refractivity contribution < 1.29 is 22.6 Å². The Balaban J connectivity index is 1.88. The molecule has 1 saturated heterocycles. The van der Waals surface area contributed by atoms with E-state index in [1.807, 2.05) is 19.1 Å². The van der Waals surface area contributed by atoms with Gasteiger partial charge in [-0.2, -0.15) is 39.1 Å². The molecule has 1 aliphatic heterocycles. The molecule has 0 spiro atoms. The maximum absolute atomic E-state index is 12.1. The number of amides is 1. The van der Waals surface area contributed by atoms with E-state index in [0.717, 1.165) is 11.6 Å². The second-order valence-corrected chi connectivity index (χ2v) is 7.96. The number of aryl methyl sites for hydroxylation is 1. The smallest absolute Gasteiger partial charge is 0.296 e. The first-order valence-corrected chi connectivity index (χ1v) is 10.4. The predicted octanol–water partition coefficient (Wildman–Crippen LogP) is 3.08. The molecule has 12 nitrogen and oxygen atoms in total. The monoisotopic (exact) mass is 453 g/mol. The lowest BCUT2D eigenvalue weighted by molar-refractivity contribution is -0.130. The van der Waals surface area contributed by atoms with Gasteiger partial charge < -0.3 is 5.32 Å². The standard InChI is InChI=1S/C19H15N7O5S/c1-11-2-4-12(5-3-11)23-24-13-6-7-14(16(8-13)32(29,30)31)25-26-18-15(27)9-17(21-10-20)22-19(18)28/h2-8,18H,9H2,1H3,(H,21,22,28)(H,29,30,31). The van der Waals surface area contributed by atoms with Crippen molar-refractivity contribution in [1.82, 2.24) is 5.32 Å². The minimum absolute atomic E-state index is 0.112. The molecule has 13 heteroatoms. The number of nitrogens with one attached hydrogen (secondary N) is 1. The number of benzene rings is 2. The SMILES string of the molecule is Cc1ccc(N=Nc2ccc(N=NC3C(=O)CC(=NC#N)NC3=O)c(S(=O)(=O)O)c2)cc1. The number of nitriles is 1. The Kier molecular flexibility index (Phi) is 6.57. The van der Waals surface area contributed by atoms with Crippen LogP contribution in [0.5, 0.6) is 0 Å². The average molecular weight is 453 g/mol. The Hall–Kier alpha value is -4.15. The molecule has 1 unspecified atom stereocenters. The highest BCUT2D eigenvalue weighted by Gasteiger charge is 2.33. The number of hydrogen-bond acceptors (Lipinski definition) is 10. The number of piperidine rings is 1. The van der Waals surface area contributed by atoms with E-state index >= 15 is 0 Å². The van der Waals surface area contributed by atoms with Crippen LogP contribution < -0.4 is 5.32 Å². The largest absolute Gasteiger partial charge is 0.311 e. The fourth-order valence-electron chi connectivity index (χ4n) is 2.61. The van der Waals surface area contributed by atoms with Gasteiger partial charge in [-0.3, -0.25) is 14.1 Å². The number of hydrogen-bond donors (Lipinski definition) is 2. The fraction of sp³-hybridized carbons (Fsp3) is 0.158. The summed E-state index contributed by atoms with van der Waals surface area (Å²) in [6, 6.07) is 9.17. The van der Waals surface area contributed by atoms with Crippen molar-refractivity contribution in [2.24, 2.45) is 25.4 Å². The average Bonchev–Trinajstić information content (AvgIpc) is 2.73. The molecule has 3 rings (SSSR count). The molecule has 1 fully saturated rings. The van der Waals surface area contributed by atoms with E-state index in [9.17, 15) is 22.6 Å². The van der Waals surface area contributed by atoms with Crippen LogP contribution in [0.3, 0.4) is 0 Å². The van der Waals surface area contributed by atoms with Gasteiger partial charge in [-0.15, -0.1) is 0 Å². The normalized spacial score (nSPS) is 18.3. The lowest BCUT2D eigenvalue weighted by Crippen LogP contribution is -2.48. The number of azo groups is 2. The number of aliphatic imine (C=N–C) groups is 1. The summed E-state index contributed by atoms with van der Waals surface area (Å²) >= 11 is 0. The van der Waals surface area contributed by atoms with E-state index < -0.39 is 32.7 Å². The molecule has 0 aromatic heterocycles. The van der Waals surface area contributed by atoms with Gasteiger partial charge in [0.25, 0.3) is 16.0 Å². The van der Waals surface area contributed by atoms with Crippen LogP contribution in [0.2, 0.25) is 0 Å². The topological polar surface area (TPSA) is 186 Å². The molecule has 32 heavy (non-hydrogen) atoms. The van der Waals surface area contributed by atoms with E-state index in [-0.39, 0.29) is 23.6 Å². The summed E-state index contributed by atoms with van der Waals surface area (Å²) in [5.74, 6) is -1.66. The van der Waals surface area contributed by atoms with E-state index in [4.69, 9.17) is 5.26 Å². The number of Topliss-reactive ketones (excluding diaryl/α,β-unsaturated/α-hetero) is 1. The van der Waals surface area contributed by atoms with E-state index in [1.165, 1.54) is 18.3 Å². The predicted molar refractivity (Wildman–Crippen MR) is 111 cm³/mol. The van der Waals surface area contributed by atoms with Crippen LogP contribution in [0.25, 0.3) is 0 Å². The first-order valence-electron chi connectivity index (χ1n) is 8.97. The molecule has 0 saturated carbocycles. The first kappa shape index (κ1) is 22.5. The number of nitrogens with zero attached hydrogens (tertiary/aromatic N) is 6. The van der Waals surface area contributed by atoms with Gasteiger partial charge in [0.15, 0.2) is 5.78 Å². The molecule has 162 valence electrons. The number of carbonyl (C=O) groups is 2. The van der Waals surface area contributed by atoms with Crippen LogP contribution in [0, 0.1) is 18.4 Å². The highest BCUT2D eigenvalue weighted by atomic mass is 32.2. The Labute approximate surface area is 182 Å². The lowest BCUT2D eigenvalue weighted by Gasteiger charge is -2.17. The summed E-state index contributed by atoms with van der Waals surface area (Å²) in [5, 5.41) is 26.0. The Bertz CT molecular complexity index is 1290. The summed E-state index contributed by atoms with van der Waals surface area (Å²) < 4.78 is 33.2. The van der Waals surface area contributed by atoms with E-state index in [0.29, 0.717) is 5.69 Å². The van der Waals surface area contributed by atoms with Crippen molar-refractivity contribution in [3.8, 4) is 6.19 Å². The molecule has 1 amide bonds. The van der Waals surface area contributed by atoms with Gasteiger partial charge in [-0.05, 0) is 37.3 Å². The van der Waals surface area contributed by atoms with E-state index in [1.54, 1.807) is 12.1 Å². The molecule has 2 aromatic carbocycles. The minimum Gasteiger partial charge on any atom is -0.311 e. The van der Waals surface area contributed by atoms with Crippen LogP contribution >= 0.6 is 0 Å². The summed E-state index contributed by atoms with van der Waals surface area (Å²) in [4.78, 5) is 26.8. The molecule has 0 aliphatic carbocycles. The highest BCUT2D eigenvalue weighted by Crippen LogP contribution is 2.30. The second kappa shape index (κ2) is 9.33. The number of rotatable bonds is 5. The van der Waals surface area contributed by atoms with Crippen molar-refractivity contribution >= 4 is 44.7 Å². The number of carbonyl (C=O) groups excluding carboxylic acids is 2. The van der Waals surface area contributed by atoms with Gasteiger partial charge in [-0.25, -0.2) is 0 Å². The summed E-state index contributed by atoms with van der Waals surface area (Å²) in [7, 11) is -4.74. The quantitative estimate of drug-likeness (QED) is 0.303. The van der Waals surface area contributed by atoms with Crippen molar-refractivity contribution in [3.05, 3.63) is 48.0 Å². The van der Waals surface area contributed by atoms with Crippen molar-refractivity contribution in [3.63, 3.8) is 0 Å². The van der Waals surface area contributed by atoms with Crippen LogP contribution in [0.15, 0.2) is 72.8 Å². The van der Waals surface area contributed by atoms with Crippen molar-refractivity contribution in [2.45, 2.75) is 24.3 Å². The number of ketones is 1. The highest BCUT2D eigenvalue weighted by molar-refractivity contribution is 7.86. The third kappa shape index (κ3) is 5.50. The van der Waals surface area contributed by atoms with E-state index in [2.05, 4.69) is 30.8 Å². The molecule has 2 N–H and O–H groups in total. The van der Waals surface area contributed by atoms with Crippen LogP contribution in [-0.2, 0) is 19.7 Å². The summed E-state index contributed by atoms with van der Waals surface area (Å²) in [6.45, 7) is 1.91. The maximum Gasteiger partial charge on any atom is 0.296 e. The zero-order valence-corrected chi connectivity index (χ0v) is 17.3. The van der Waals surface area contributed by atoms with Gasteiger partial charge in [0.05, 0.1) is 17.8 Å². The molecule has 0 bridgehead atoms. The van der Waals surface area contributed by atoms with Gasteiger partial charge in [0.1, 0.15) is 16.4 Å². The molecule has 2 aromatic rings. The van der Waals surface area contributed by atoms with Gasteiger partial charge >= 0.3 is 0 Å². The third-order valence-electron chi connectivity index (χ3n) is 4.16. The number of amidine groups is 1. The van der Waals surface area contributed by atoms with Crippen molar-refractivity contribution in [1.29, 1.82) is 5.26 Å². The Morgan fingerprint density at radius 1 is 1.06 bits per heavy atom. The molecule has 1 aliphatic rings. The fourth-order valence-corrected chi connectivity index (χ4v) is 3.25. The van der Waals surface area contributed by atoms with Crippen molar-refractivity contribution in [2.75, 3.05) is 0 Å². The third-order valence-corrected chi connectivity index (χ3v) is 5.05. The first-order chi connectivity index (χ1) is 15.2. The molecule has 1 heterocycles. The van der Waals surface area contributed by atoms with Crippen LogP contribution in [0.1, 0.15) is 12.0 Å². The van der Waals surface area contributed by atoms with Gasteiger partial charge in [-0.1, -0.05) is 17.7 Å². The Morgan fingerprint density at radius 3 is 2.34 bits per heavy atom. The second-order valence-electron chi connectivity index (χ2n) is 6.57. The Morgan fingerprint density at radius 2 is 1.72 bits per heavy atom. The lowest BCUT2D eigenvalue weighted by atomic mass is 10.1. The molecular formula is C19H15N7O5S. The molecule has 0 radical (unpaired) electrons. The zero-order chi connectivity index (χ0) is 23.3. The summed E-state index contributed by atoms with van der Waals surface area (Å²) in [6.07, 6.45) is 1.12. The van der Waals surface area contributed by atoms with Crippen LogP contribution in [-0.4, -0.2) is 36.5 Å². The van der Waals surface area contributed by atoms with Gasteiger partial charge in [0, 0.05) is 0 Å².